The fourth-order valence-electron chi connectivity index (χ4n) is 2.45. The van der Waals surface area contributed by atoms with E-state index in [4.69, 9.17) is 0 Å². The van der Waals surface area contributed by atoms with Gasteiger partial charge >= 0.3 is 0 Å². The second-order valence-electron chi connectivity index (χ2n) is 5.70. The number of benzene rings is 1. The lowest BCUT2D eigenvalue weighted by Crippen LogP contribution is -2.49. The maximum absolute atomic E-state index is 13.1. The largest absolute Gasteiger partial charge is 0.352 e. The summed E-state index contributed by atoms with van der Waals surface area (Å²) in [6.45, 7) is 1.58. The third kappa shape index (κ3) is 4.51. The highest BCUT2D eigenvalue weighted by Crippen LogP contribution is 2.32. The monoisotopic (exact) mass is 310 g/mol. The number of nitrogens with one attached hydrogen (secondary N) is 2. The number of amides is 2. The van der Waals surface area contributed by atoms with E-state index >= 15 is 0 Å². The molecule has 1 unspecified atom stereocenters. The highest BCUT2D eigenvalue weighted by Gasteiger charge is 2.35. The average Bonchev–Trinajstić information content (AvgIpc) is 2.50. The van der Waals surface area contributed by atoms with Crippen molar-refractivity contribution >= 4 is 11.8 Å². The molecular formula is C16H20F2N2O2. The van der Waals surface area contributed by atoms with Gasteiger partial charge < -0.3 is 10.6 Å². The van der Waals surface area contributed by atoms with Crippen LogP contribution in [0.15, 0.2) is 30.3 Å². The Balaban J connectivity index is 1.81. The Labute approximate surface area is 128 Å². The molecule has 22 heavy (non-hydrogen) atoms. The molecule has 1 aromatic carbocycles. The van der Waals surface area contributed by atoms with Crippen molar-refractivity contribution in [3.05, 3.63) is 35.9 Å². The van der Waals surface area contributed by atoms with E-state index in [9.17, 15) is 18.4 Å². The summed E-state index contributed by atoms with van der Waals surface area (Å²) in [5.74, 6) is -3.30. The Morgan fingerprint density at radius 1 is 1.18 bits per heavy atom. The minimum absolute atomic E-state index is 0.206. The summed E-state index contributed by atoms with van der Waals surface area (Å²) >= 11 is 0. The highest BCUT2D eigenvalue weighted by atomic mass is 19.3. The summed E-state index contributed by atoms with van der Waals surface area (Å²) in [7, 11) is 0. The van der Waals surface area contributed by atoms with E-state index in [1.807, 2.05) is 0 Å². The van der Waals surface area contributed by atoms with Gasteiger partial charge in [-0.25, -0.2) is 8.78 Å². The molecule has 1 atom stereocenters. The van der Waals surface area contributed by atoms with Gasteiger partial charge in [0.1, 0.15) is 6.04 Å². The number of hydrogen-bond acceptors (Lipinski definition) is 2. The molecule has 1 fully saturated rings. The highest BCUT2D eigenvalue weighted by molar-refractivity contribution is 5.97. The molecule has 1 saturated carbocycles. The second kappa shape index (κ2) is 6.85. The van der Waals surface area contributed by atoms with Crippen molar-refractivity contribution in [1.29, 1.82) is 0 Å². The minimum Gasteiger partial charge on any atom is -0.352 e. The van der Waals surface area contributed by atoms with Crippen LogP contribution in [0.3, 0.4) is 0 Å². The summed E-state index contributed by atoms with van der Waals surface area (Å²) in [6, 6.07) is 7.63. The summed E-state index contributed by atoms with van der Waals surface area (Å²) in [6.07, 6.45) is 0.113. The van der Waals surface area contributed by atoms with E-state index < -0.39 is 12.0 Å². The molecule has 0 radical (unpaired) electrons. The minimum atomic E-state index is -2.62. The van der Waals surface area contributed by atoms with E-state index in [2.05, 4.69) is 10.6 Å². The van der Waals surface area contributed by atoms with Crippen molar-refractivity contribution in [3.8, 4) is 0 Å². The van der Waals surface area contributed by atoms with E-state index in [0.717, 1.165) is 0 Å². The molecule has 0 saturated heterocycles. The Morgan fingerprint density at radius 2 is 1.77 bits per heavy atom. The zero-order valence-electron chi connectivity index (χ0n) is 12.4. The number of halogens is 2. The van der Waals surface area contributed by atoms with Gasteiger partial charge in [-0.3, -0.25) is 9.59 Å². The molecule has 2 rings (SSSR count). The quantitative estimate of drug-likeness (QED) is 0.897. The number of carbonyl (C=O) groups excluding carboxylic acids is 2. The Bertz CT molecular complexity index is 524. The zero-order valence-corrected chi connectivity index (χ0v) is 12.4. The van der Waals surface area contributed by atoms with Crippen LogP contribution in [0.5, 0.6) is 0 Å². The molecule has 0 heterocycles. The number of hydrogen-bond donors (Lipinski definition) is 2. The first-order chi connectivity index (χ1) is 10.4. The van der Waals surface area contributed by atoms with Gasteiger partial charge in [0.2, 0.25) is 11.8 Å². The van der Waals surface area contributed by atoms with Crippen LogP contribution in [0.2, 0.25) is 0 Å². The van der Waals surface area contributed by atoms with Gasteiger partial charge in [0.15, 0.2) is 0 Å². The zero-order chi connectivity index (χ0) is 16.2. The van der Waals surface area contributed by atoms with Gasteiger partial charge in [-0.15, -0.1) is 0 Å². The predicted molar refractivity (Wildman–Crippen MR) is 78.7 cm³/mol. The average molecular weight is 310 g/mol. The fraction of sp³-hybridized carbons (Fsp3) is 0.500. The number of rotatable bonds is 4. The van der Waals surface area contributed by atoms with Gasteiger partial charge in [0.05, 0.1) is 0 Å². The van der Waals surface area contributed by atoms with Crippen LogP contribution in [0.1, 0.15) is 43.0 Å². The van der Waals surface area contributed by atoms with Crippen molar-refractivity contribution in [2.24, 2.45) is 0 Å². The van der Waals surface area contributed by atoms with Crippen LogP contribution in [0.25, 0.3) is 0 Å². The first kappa shape index (κ1) is 16.4. The predicted octanol–water partition coefficient (Wildman–Crippen LogP) is 2.50. The first-order valence-corrected chi connectivity index (χ1v) is 7.41. The smallest absolute Gasteiger partial charge is 0.251 e. The number of carbonyl (C=O) groups is 2. The Kier molecular flexibility index (Phi) is 5.11. The Morgan fingerprint density at radius 3 is 2.36 bits per heavy atom. The normalized spacial score (nSPS) is 19.2. The molecule has 0 bridgehead atoms. The molecule has 2 N–H and O–H groups in total. The first-order valence-electron chi connectivity index (χ1n) is 7.41. The molecule has 0 aliphatic heterocycles. The summed E-state index contributed by atoms with van der Waals surface area (Å²) < 4.78 is 26.1. The molecule has 1 aromatic rings. The van der Waals surface area contributed by atoms with Crippen molar-refractivity contribution in [2.45, 2.75) is 50.6 Å². The van der Waals surface area contributed by atoms with Crippen LogP contribution < -0.4 is 10.6 Å². The summed E-state index contributed by atoms with van der Waals surface area (Å²) in [5, 5.41) is 5.33. The van der Waals surface area contributed by atoms with Crippen molar-refractivity contribution in [2.75, 3.05) is 0 Å². The lowest BCUT2D eigenvalue weighted by Gasteiger charge is -2.29. The van der Waals surface area contributed by atoms with Crippen LogP contribution >= 0.6 is 0 Å². The topological polar surface area (TPSA) is 58.2 Å². The maximum atomic E-state index is 13.1. The van der Waals surface area contributed by atoms with Gasteiger partial charge in [-0.2, -0.15) is 0 Å². The third-order valence-electron chi connectivity index (χ3n) is 3.84. The molecule has 0 spiro atoms. The van der Waals surface area contributed by atoms with E-state index in [0.29, 0.717) is 5.56 Å². The molecule has 6 heteroatoms. The van der Waals surface area contributed by atoms with Gasteiger partial charge in [0.25, 0.3) is 5.91 Å². The van der Waals surface area contributed by atoms with Gasteiger partial charge in [-0.05, 0) is 31.9 Å². The molecular weight excluding hydrogens is 290 g/mol. The fourth-order valence-corrected chi connectivity index (χ4v) is 2.45. The second-order valence-corrected chi connectivity index (χ2v) is 5.70. The SMILES string of the molecule is CC(NC(=O)c1ccccc1)C(=O)NC1CCC(F)(F)CC1. The molecule has 1 aliphatic carbocycles. The molecule has 2 amide bonds. The van der Waals surface area contributed by atoms with E-state index in [1.165, 1.54) is 0 Å². The maximum Gasteiger partial charge on any atom is 0.251 e. The molecule has 4 nitrogen and oxygen atoms in total. The van der Waals surface area contributed by atoms with Crippen LogP contribution in [0.4, 0.5) is 8.78 Å². The van der Waals surface area contributed by atoms with Crippen LogP contribution in [0, 0.1) is 0 Å². The van der Waals surface area contributed by atoms with E-state index in [1.54, 1.807) is 37.3 Å². The van der Waals surface area contributed by atoms with Crippen LogP contribution in [-0.4, -0.2) is 29.8 Å². The number of alkyl halides is 2. The molecule has 120 valence electrons. The van der Waals surface area contributed by atoms with Crippen molar-refractivity contribution < 1.29 is 18.4 Å². The summed E-state index contributed by atoms with van der Waals surface area (Å²) in [4.78, 5) is 24.0. The van der Waals surface area contributed by atoms with Crippen molar-refractivity contribution in [1.82, 2.24) is 10.6 Å². The van der Waals surface area contributed by atoms with E-state index in [-0.39, 0.29) is 43.5 Å². The lowest BCUT2D eigenvalue weighted by atomic mass is 9.92. The lowest BCUT2D eigenvalue weighted by molar-refractivity contribution is -0.124. The van der Waals surface area contributed by atoms with Crippen molar-refractivity contribution in [3.63, 3.8) is 0 Å². The van der Waals surface area contributed by atoms with Crippen LogP contribution in [-0.2, 0) is 4.79 Å². The van der Waals surface area contributed by atoms with Gasteiger partial charge in [0, 0.05) is 24.4 Å². The Hall–Kier alpha value is -1.98. The summed E-state index contributed by atoms with van der Waals surface area (Å²) in [5.41, 5.74) is 0.472. The molecule has 1 aliphatic rings. The standard InChI is InChI=1S/C16H20F2N2O2/c1-11(19-15(22)12-5-3-2-4-6-12)14(21)20-13-7-9-16(17,18)10-8-13/h2-6,11,13H,7-10H2,1H3,(H,19,22)(H,20,21). The third-order valence-corrected chi connectivity index (χ3v) is 3.84. The molecule has 0 aromatic heterocycles. The van der Waals surface area contributed by atoms with Gasteiger partial charge in [-0.1, -0.05) is 18.2 Å².